The van der Waals surface area contributed by atoms with E-state index in [1.807, 2.05) is 0 Å². The Kier molecular flexibility index (Phi) is 5.38. The van der Waals surface area contributed by atoms with Gasteiger partial charge in [0.1, 0.15) is 0 Å². The molecule has 0 radical (unpaired) electrons. The Balaban J connectivity index is 2.22. The van der Waals surface area contributed by atoms with Gasteiger partial charge in [0, 0.05) is 6.54 Å². The van der Waals surface area contributed by atoms with E-state index in [1.54, 1.807) is 6.07 Å². The Hall–Kier alpha value is -0.850. The number of halogens is 1. The van der Waals surface area contributed by atoms with Crippen LogP contribution in [0.5, 0.6) is 0 Å². The van der Waals surface area contributed by atoms with Crippen molar-refractivity contribution in [3.63, 3.8) is 0 Å². The van der Waals surface area contributed by atoms with Crippen LogP contribution in [0.4, 0.5) is 0 Å². The molecule has 1 amide bonds. The number of furan rings is 1. The number of rotatable bonds is 6. The predicted octanol–water partition coefficient (Wildman–Crippen LogP) is 0.781. The summed E-state index contributed by atoms with van der Waals surface area (Å²) in [6.07, 6.45) is 1.43. The van der Waals surface area contributed by atoms with E-state index < -0.39 is 0 Å². The lowest BCUT2D eigenvalue weighted by Gasteiger charge is -2.04. The molecule has 0 aromatic carbocycles. The van der Waals surface area contributed by atoms with E-state index in [2.05, 4.69) is 21.2 Å². The molecule has 6 heteroatoms. The van der Waals surface area contributed by atoms with E-state index in [4.69, 9.17) is 14.3 Å². The molecule has 1 aromatic heterocycles. The van der Waals surface area contributed by atoms with Gasteiger partial charge < -0.3 is 19.6 Å². The molecule has 15 heavy (non-hydrogen) atoms. The Morgan fingerprint density at radius 3 is 3.00 bits per heavy atom. The number of carbonyl (C=O) groups excluding carboxylic acids is 1. The molecule has 0 fully saturated rings. The quantitative estimate of drug-likeness (QED) is 0.754. The van der Waals surface area contributed by atoms with Crippen LogP contribution in [0.15, 0.2) is 21.4 Å². The van der Waals surface area contributed by atoms with Gasteiger partial charge >= 0.3 is 0 Å². The lowest BCUT2D eigenvalue weighted by molar-refractivity contribution is 0.0837. The number of hydrogen-bond donors (Lipinski definition) is 2. The van der Waals surface area contributed by atoms with Gasteiger partial charge in [-0.1, -0.05) is 0 Å². The second-order valence-corrected chi connectivity index (χ2v) is 3.42. The van der Waals surface area contributed by atoms with E-state index in [0.29, 0.717) is 23.4 Å². The minimum atomic E-state index is -0.219. The highest BCUT2D eigenvalue weighted by atomic mass is 79.9. The van der Waals surface area contributed by atoms with Gasteiger partial charge in [-0.05, 0) is 22.0 Å². The SMILES string of the molecule is O=C(NCCOCCO)c1ccoc1Br. The maximum Gasteiger partial charge on any atom is 0.255 e. The number of aliphatic hydroxyl groups excluding tert-OH is 1. The number of hydrogen-bond acceptors (Lipinski definition) is 4. The highest BCUT2D eigenvalue weighted by Crippen LogP contribution is 2.16. The topological polar surface area (TPSA) is 71.7 Å². The minimum Gasteiger partial charge on any atom is -0.457 e. The molecule has 0 saturated heterocycles. The van der Waals surface area contributed by atoms with Crippen molar-refractivity contribution in [2.75, 3.05) is 26.4 Å². The maximum atomic E-state index is 11.5. The summed E-state index contributed by atoms with van der Waals surface area (Å²) in [6, 6.07) is 1.58. The fraction of sp³-hybridized carbons (Fsp3) is 0.444. The molecule has 2 N–H and O–H groups in total. The number of amides is 1. The number of ether oxygens (including phenoxy) is 1. The second-order valence-electron chi connectivity index (χ2n) is 2.70. The maximum absolute atomic E-state index is 11.5. The van der Waals surface area contributed by atoms with Gasteiger partial charge in [0.15, 0.2) is 4.67 Å². The first-order chi connectivity index (χ1) is 7.25. The Labute approximate surface area is 95.5 Å². The molecule has 5 nitrogen and oxygen atoms in total. The van der Waals surface area contributed by atoms with Crippen molar-refractivity contribution in [1.29, 1.82) is 0 Å². The van der Waals surface area contributed by atoms with Crippen LogP contribution in [0.1, 0.15) is 10.4 Å². The molecular formula is C9H12BrNO4. The molecule has 0 unspecified atom stereocenters. The van der Waals surface area contributed by atoms with Crippen LogP contribution in [0, 0.1) is 0 Å². The summed E-state index contributed by atoms with van der Waals surface area (Å²) < 4.78 is 10.3. The fourth-order valence-corrected chi connectivity index (χ4v) is 1.37. The average Bonchev–Trinajstić information content (AvgIpc) is 2.64. The predicted molar refractivity (Wildman–Crippen MR) is 56.6 cm³/mol. The van der Waals surface area contributed by atoms with Crippen molar-refractivity contribution in [3.05, 3.63) is 22.6 Å². The van der Waals surface area contributed by atoms with Crippen LogP contribution >= 0.6 is 15.9 Å². The van der Waals surface area contributed by atoms with Gasteiger partial charge in [-0.2, -0.15) is 0 Å². The zero-order valence-corrected chi connectivity index (χ0v) is 9.62. The summed E-state index contributed by atoms with van der Waals surface area (Å²) in [5, 5.41) is 11.1. The molecule has 1 heterocycles. The van der Waals surface area contributed by atoms with Gasteiger partial charge in [-0.15, -0.1) is 0 Å². The lowest BCUT2D eigenvalue weighted by atomic mass is 10.3. The van der Waals surface area contributed by atoms with Crippen LogP contribution in [0.3, 0.4) is 0 Å². The van der Waals surface area contributed by atoms with Crippen LogP contribution < -0.4 is 5.32 Å². The summed E-state index contributed by atoms with van der Waals surface area (Å²) in [4.78, 5) is 11.5. The molecule has 0 saturated carbocycles. The van der Waals surface area contributed by atoms with E-state index in [0.717, 1.165) is 0 Å². The fourth-order valence-electron chi connectivity index (χ4n) is 0.954. The van der Waals surface area contributed by atoms with Crippen molar-refractivity contribution in [2.45, 2.75) is 0 Å². The van der Waals surface area contributed by atoms with Gasteiger partial charge in [0.25, 0.3) is 5.91 Å². The third-order valence-corrected chi connectivity index (χ3v) is 2.24. The van der Waals surface area contributed by atoms with Crippen molar-refractivity contribution in [2.24, 2.45) is 0 Å². The third kappa shape index (κ3) is 4.03. The van der Waals surface area contributed by atoms with Crippen molar-refractivity contribution in [1.82, 2.24) is 5.32 Å². The van der Waals surface area contributed by atoms with Crippen LogP contribution in [-0.4, -0.2) is 37.4 Å². The van der Waals surface area contributed by atoms with Gasteiger partial charge in [-0.25, -0.2) is 0 Å². The highest BCUT2D eigenvalue weighted by molar-refractivity contribution is 9.10. The summed E-state index contributed by atoms with van der Waals surface area (Å²) >= 11 is 3.11. The molecule has 0 aliphatic carbocycles. The van der Waals surface area contributed by atoms with Gasteiger partial charge in [0.2, 0.25) is 0 Å². The second kappa shape index (κ2) is 6.60. The number of nitrogens with one attached hydrogen (secondary N) is 1. The molecule has 0 spiro atoms. The molecular weight excluding hydrogens is 266 g/mol. The van der Waals surface area contributed by atoms with Crippen LogP contribution in [0.25, 0.3) is 0 Å². The van der Waals surface area contributed by atoms with Crippen LogP contribution in [0.2, 0.25) is 0 Å². The first kappa shape index (κ1) is 12.2. The number of carbonyl (C=O) groups is 1. The molecule has 84 valence electrons. The van der Waals surface area contributed by atoms with E-state index in [1.165, 1.54) is 6.26 Å². The van der Waals surface area contributed by atoms with Gasteiger partial charge in [0.05, 0.1) is 31.6 Å². The molecule has 0 atom stereocenters. The van der Waals surface area contributed by atoms with Crippen molar-refractivity contribution in [3.8, 4) is 0 Å². The van der Waals surface area contributed by atoms with Crippen LogP contribution in [-0.2, 0) is 4.74 Å². The normalized spacial score (nSPS) is 10.3. The molecule has 0 aliphatic heterocycles. The minimum absolute atomic E-state index is 0.0127. The highest BCUT2D eigenvalue weighted by Gasteiger charge is 2.11. The smallest absolute Gasteiger partial charge is 0.255 e. The molecule has 1 aromatic rings. The summed E-state index contributed by atoms with van der Waals surface area (Å²) in [5.74, 6) is -0.219. The Bertz CT molecular complexity index is 313. The van der Waals surface area contributed by atoms with E-state index >= 15 is 0 Å². The Morgan fingerprint density at radius 1 is 1.60 bits per heavy atom. The van der Waals surface area contributed by atoms with E-state index in [-0.39, 0.29) is 19.1 Å². The zero-order valence-electron chi connectivity index (χ0n) is 8.03. The Morgan fingerprint density at radius 2 is 2.40 bits per heavy atom. The van der Waals surface area contributed by atoms with E-state index in [9.17, 15) is 4.79 Å². The molecule has 1 rings (SSSR count). The summed E-state index contributed by atoms with van der Waals surface area (Å²) in [7, 11) is 0. The zero-order chi connectivity index (χ0) is 11.1. The average molecular weight is 278 g/mol. The lowest BCUT2D eigenvalue weighted by Crippen LogP contribution is -2.27. The standard InChI is InChI=1S/C9H12BrNO4/c10-8-7(1-4-15-8)9(13)11-2-5-14-6-3-12/h1,4,12H,2-3,5-6H2,(H,11,13). The third-order valence-electron chi connectivity index (χ3n) is 1.63. The largest absolute Gasteiger partial charge is 0.457 e. The van der Waals surface area contributed by atoms with Crippen molar-refractivity contribution < 1.29 is 19.1 Å². The number of aliphatic hydroxyl groups is 1. The van der Waals surface area contributed by atoms with Crippen molar-refractivity contribution >= 4 is 21.8 Å². The monoisotopic (exact) mass is 277 g/mol. The first-order valence-corrected chi connectivity index (χ1v) is 5.25. The van der Waals surface area contributed by atoms with Gasteiger partial charge in [-0.3, -0.25) is 4.79 Å². The summed E-state index contributed by atoms with van der Waals surface area (Å²) in [6.45, 7) is 1.05. The first-order valence-electron chi connectivity index (χ1n) is 4.45. The molecule has 0 bridgehead atoms. The molecule has 0 aliphatic rings. The summed E-state index contributed by atoms with van der Waals surface area (Å²) in [5.41, 5.74) is 0.456.